The predicted molar refractivity (Wildman–Crippen MR) is 48.6 cm³/mol. The first-order valence-electron chi connectivity index (χ1n) is 4.06. The number of aliphatic hydroxyl groups excluding tert-OH is 1. The molecule has 0 unspecified atom stereocenters. The van der Waals surface area contributed by atoms with Gasteiger partial charge in [0.15, 0.2) is 11.5 Å². The second-order valence-electron chi connectivity index (χ2n) is 2.72. The summed E-state index contributed by atoms with van der Waals surface area (Å²) in [6, 6.07) is 4.63. The zero-order chi connectivity index (χ0) is 9.68. The van der Waals surface area contributed by atoms with Gasteiger partial charge in [-0.05, 0) is 17.7 Å². The molecule has 72 valence electrons. The molecule has 0 saturated carbocycles. The average molecular weight is 183 g/mol. The highest BCUT2D eigenvalue weighted by Gasteiger charge is 1.99. The molecule has 0 atom stereocenters. The second kappa shape index (κ2) is 4.69. The fraction of sp³-hybridized carbons (Fsp3) is 0.333. The Morgan fingerprint density at radius 1 is 1.15 bits per heavy atom. The first-order valence-corrected chi connectivity index (χ1v) is 4.06. The van der Waals surface area contributed by atoms with Crippen LogP contribution in [0.3, 0.4) is 0 Å². The standard InChI is InChI=1S/C9H13NO3/c11-4-3-10-6-7-1-2-8(12)9(13)5-7/h1-2,5,10-13H,3-4,6H2. The van der Waals surface area contributed by atoms with Crippen LogP contribution in [0.4, 0.5) is 0 Å². The number of aliphatic hydroxyl groups is 1. The Labute approximate surface area is 76.5 Å². The Balaban J connectivity index is 2.53. The zero-order valence-corrected chi connectivity index (χ0v) is 7.20. The van der Waals surface area contributed by atoms with Crippen molar-refractivity contribution in [2.75, 3.05) is 13.2 Å². The van der Waals surface area contributed by atoms with Crippen LogP contribution in [0.1, 0.15) is 5.56 Å². The van der Waals surface area contributed by atoms with Crippen LogP contribution in [0, 0.1) is 0 Å². The van der Waals surface area contributed by atoms with Crippen LogP contribution >= 0.6 is 0 Å². The second-order valence-corrected chi connectivity index (χ2v) is 2.72. The molecule has 0 saturated heterocycles. The maximum atomic E-state index is 9.13. The van der Waals surface area contributed by atoms with Gasteiger partial charge in [0.2, 0.25) is 0 Å². The van der Waals surface area contributed by atoms with Crippen LogP contribution < -0.4 is 5.32 Å². The van der Waals surface area contributed by atoms with Crippen molar-refractivity contribution in [1.82, 2.24) is 5.32 Å². The van der Waals surface area contributed by atoms with Gasteiger partial charge in [-0.15, -0.1) is 0 Å². The highest BCUT2D eigenvalue weighted by molar-refractivity contribution is 5.40. The van der Waals surface area contributed by atoms with E-state index >= 15 is 0 Å². The molecule has 0 fully saturated rings. The summed E-state index contributed by atoms with van der Waals surface area (Å²) in [5, 5.41) is 29.6. The van der Waals surface area contributed by atoms with E-state index in [0.717, 1.165) is 5.56 Å². The third kappa shape index (κ3) is 2.93. The molecule has 0 amide bonds. The van der Waals surface area contributed by atoms with Crippen molar-refractivity contribution < 1.29 is 15.3 Å². The van der Waals surface area contributed by atoms with Crippen molar-refractivity contribution in [3.05, 3.63) is 23.8 Å². The number of hydrogen-bond acceptors (Lipinski definition) is 4. The summed E-state index contributed by atoms with van der Waals surface area (Å²) >= 11 is 0. The van der Waals surface area contributed by atoms with Gasteiger partial charge in [-0.2, -0.15) is 0 Å². The lowest BCUT2D eigenvalue weighted by Crippen LogP contribution is -2.17. The lowest BCUT2D eigenvalue weighted by Gasteiger charge is -2.04. The molecule has 1 aromatic carbocycles. The summed E-state index contributed by atoms with van der Waals surface area (Å²) in [5.74, 6) is -0.241. The zero-order valence-electron chi connectivity index (χ0n) is 7.20. The minimum atomic E-state index is -0.122. The van der Waals surface area contributed by atoms with Gasteiger partial charge in [0.1, 0.15) is 0 Å². The summed E-state index contributed by atoms with van der Waals surface area (Å²) in [4.78, 5) is 0. The van der Waals surface area contributed by atoms with Gasteiger partial charge >= 0.3 is 0 Å². The van der Waals surface area contributed by atoms with Gasteiger partial charge in [-0.1, -0.05) is 6.07 Å². The molecule has 1 rings (SSSR count). The van der Waals surface area contributed by atoms with Crippen molar-refractivity contribution in [2.24, 2.45) is 0 Å². The average Bonchev–Trinajstić information content (AvgIpc) is 2.12. The Kier molecular flexibility index (Phi) is 3.54. The third-order valence-corrected chi connectivity index (χ3v) is 1.66. The van der Waals surface area contributed by atoms with Crippen molar-refractivity contribution in [2.45, 2.75) is 6.54 Å². The van der Waals surface area contributed by atoms with Crippen LogP contribution in [-0.2, 0) is 6.54 Å². The summed E-state index contributed by atoms with van der Waals surface area (Å²) in [5.41, 5.74) is 0.865. The van der Waals surface area contributed by atoms with E-state index in [9.17, 15) is 0 Å². The van der Waals surface area contributed by atoms with Crippen LogP contribution in [0.2, 0.25) is 0 Å². The molecule has 4 N–H and O–H groups in total. The highest BCUT2D eigenvalue weighted by atomic mass is 16.3. The first kappa shape index (κ1) is 9.83. The molecular formula is C9H13NO3. The maximum Gasteiger partial charge on any atom is 0.157 e. The highest BCUT2D eigenvalue weighted by Crippen LogP contribution is 2.24. The van der Waals surface area contributed by atoms with Gasteiger partial charge in [-0.25, -0.2) is 0 Å². The molecule has 0 aliphatic heterocycles. The largest absolute Gasteiger partial charge is 0.504 e. The lowest BCUT2D eigenvalue weighted by molar-refractivity contribution is 0.292. The van der Waals surface area contributed by atoms with Crippen LogP contribution in [0.15, 0.2) is 18.2 Å². The molecular weight excluding hydrogens is 170 g/mol. The van der Waals surface area contributed by atoms with Gasteiger partial charge in [-0.3, -0.25) is 0 Å². The smallest absolute Gasteiger partial charge is 0.157 e. The molecule has 13 heavy (non-hydrogen) atoms. The minimum Gasteiger partial charge on any atom is -0.504 e. The van der Waals surface area contributed by atoms with E-state index in [1.54, 1.807) is 6.07 Å². The number of phenols is 2. The fourth-order valence-corrected chi connectivity index (χ4v) is 0.991. The Hall–Kier alpha value is -1.26. The number of rotatable bonds is 4. The summed E-state index contributed by atoms with van der Waals surface area (Å²) < 4.78 is 0. The first-order chi connectivity index (χ1) is 6.24. The fourth-order valence-electron chi connectivity index (χ4n) is 0.991. The summed E-state index contributed by atoms with van der Waals surface area (Å²) in [6.45, 7) is 1.17. The SMILES string of the molecule is OCCNCc1ccc(O)c(O)c1. The van der Waals surface area contributed by atoms with Gasteiger partial charge in [0.05, 0.1) is 6.61 Å². The van der Waals surface area contributed by atoms with Crippen molar-refractivity contribution in [3.8, 4) is 11.5 Å². The quantitative estimate of drug-likeness (QED) is 0.397. The molecule has 0 aromatic heterocycles. The van der Waals surface area contributed by atoms with Crippen LogP contribution in [-0.4, -0.2) is 28.5 Å². The molecule has 0 heterocycles. The summed E-state index contributed by atoms with van der Waals surface area (Å²) in [6.07, 6.45) is 0. The molecule has 1 aromatic rings. The maximum absolute atomic E-state index is 9.13. The molecule has 0 bridgehead atoms. The van der Waals surface area contributed by atoms with Gasteiger partial charge < -0.3 is 20.6 Å². The van der Waals surface area contributed by atoms with E-state index < -0.39 is 0 Å². The molecule has 4 heteroatoms. The van der Waals surface area contributed by atoms with Crippen molar-refractivity contribution in [3.63, 3.8) is 0 Å². The number of aromatic hydroxyl groups is 2. The van der Waals surface area contributed by atoms with Gasteiger partial charge in [0, 0.05) is 13.1 Å². The third-order valence-electron chi connectivity index (χ3n) is 1.66. The summed E-state index contributed by atoms with van der Waals surface area (Å²) in [7, 11) is 0. The van der Waals surface area contributed by atoms with Crippen LogP contribution in [0.25, 0.3) is 0 Å². The molecule has 0 aliphatic carbocycles. The number of phenolic OH excluding ortho intramolecular Hbond substituents is 2. The van der Waals surface area contributed by atoms with E-state index in [-0.39, 0.29) is 18.1 Å². The van der Waals surface area contributed by atoms with E-state index in [0.29, 0.717) is 13.1 Å². The molecule has 0 spiro atoms. The van der Waals surface area contributed by atoms with Crippen molar-refractivity contribution in [1.29, 1.82) is 0 Å². The number of nitrogens with one attached hydrogen (secondary N) is 1. The van der Waals surface area contributed by atoms with Crippen molar-refractivity contribution >= 4 is 0 Å². The Bertz CT molecular complexity index is 276. The predicted octanol–water partition coefficient (Wildman–Crippen LogP) is 0.180. The minimum absolute atomic E-state index is 0.0874. The van der Waals surface area contributed by atoms with Crippen LogP contribution in [0.5, 0.6) is 11.5 Å². The normalized spacial score (nSPS) is 10.2. The molecule has 0 radical (unpaired) electrons. The Morgan fingerprint density at radius 2 is 1.92 bits per heavy atom. The monoisotopic (exact) mass is 183 g/mol. The lowest BCUT2D eigenvalue weighted by atomic mass is 10.2. The van der Waals surface area contributed by atoms with Gasteiger partial charge in [0.25, 0.3) is 0 Å². The van der Waals surface area contributed by atoms with E-state index in [4.69, 9.17) is 15.3 Å². The number of hydrogen-bond donors (Lipinski definition) is 4. The molecule has 4 nitrogen and oxygen atoms in total. The molecule has 0 aliphatic rings. The van der Waals surface area contributed by atoms with E-state index in [1.165, 1.54) is 12.1 Å². The number of benzene rings is 1. The Morgan fingerprint density at radius 3 is 2.54 bits per heavy atom. The van der Waals surface area contributed by atoms with E-state index in [1.807, 2.05) is 0 Å². The van der Waals surface area contributed by atoms with E-state index in [2.05, 4.69) is 5.32 Å². The topological polar surface area (TPSA) is 72.7 Å².